The molecule has 6 heteroatoms. The smallest absolute Gasteiger partial charge is 0.226 e. The van der Waals surface area contributed by atoms with Gasteiger partial charge in [-0.15, -0.1) is 0 Å². The molecule has 0 aliphatic heterocycles. The monoisotopic (exact) mass is 257 g/mol. The zero-order valence-corrected chi connectivity index (χ0v) is 11.4. The molecular formula is C12H23N3O3. The van der Waals surface area contributed by atoms with Crippen molar-refractivity contribution in [2.45, 2.75) is 38.6 Å². The molecule has 0 spiro atoms. The molecule has 0 saturated carbocycles. The number of rotatable bonds is 9. The van der Waals surface area contributed by atoms with Gasteiger partial charge in [-0.3, -0.25) is 0 Å². The number of ether oxygens (including phenoxy) is 2. The molecule has 1 rings (SSSR count). The summed E-state index contributed by atoms with van der Waals surface area (Å²) in [7, 11) is 1.67. The second kappa shape index (κ2) is 7.45. The predicted octanol–water partition coefficient (Wildman–Crippen LogP) is 1.25. The van der Waals surface area contributed by atoms with Crippen molar-refractivity contribution < 1.29 is 14.0 Å². The summed E-state index contributed by atoms with van der Waals surface area (Å²) < 4.78 is 15.6. The summed E-state index contributed by atoms with van der Waals surface area (Å²) in [4.78, 5) is 4.29. The predicted molar refractivity (Wildman–Crippen MR) is 67.1 cm³/mol. The van der Waals surface area contributed by atoms with Gasteiger partial charge in [0, 0.05) is 26.7 Å². The SMILES string of the molecule is CCCOCC(C)(N)c1noc(CCCOC)n1. The van der Waals surface area contributed by atoms with Crippen LogP contribution in [0, 0.1) is 0 Å². The topological polar surface area (TPSA) is 83.4 Å². The lowest BCUT2D eigenvalue weighted by Gasteiger charge is -2.19. The fourth-order valence-electron chi connectivity index (χ4n) is 1.45. The van der Waals surface area contributed by atoms with Crippen molar-refractivity contribution in [3.05, 3.63) is 11.7 Å². The summed E-state index contributed by atoms with van der Waals surface area (Å²) in [5, 5.41) is 3.91. The Kier molecular flexibility index (Phi) is 6.24. The summed E-state index contributed by atoms with van der Waals surface area (Å²) in [5.41, 5.74) is 5.40. The third kappa shape index (κ3) is 4.72. The van der Waals surface area contributed by atoms with E-state index >= 15 is 0 Å². The van der Waals surface area contributed by atoms with E-state index in [2.05, 4.69) is 17.1 Å². The number of hydrogen-bond donors (Lipinski definition) is 1. The highest BCUT2D eigenvalue weighted by atomic mass is 16.5. The molecule has 0 aromatic carbocycles. The Hall–Kier alpha value is -0.980. The minimum absolute atomic E-state index is 0.387. The van der Waals surface area contributed by atoms with Gasteiger partial charge in [0.05, 0.1) is 6.61 Å². The summed E-state index contributed by atoms with van der Waals surface area (Å²) in [6.45, 7) is 5.64. The molecule has 0 aliphatic carbocycles. The first-order chi connectivity index (χ1) is 8.60. The lowest BCUT2D eigenvalue weighted by atomic mass is 10.1. The maximum absolute atomic E-state index is 6.11. The third-order valence-electron chi connectivity index (χ3n) is 2.47. The lowest BCUT2D eigenvalue weighted by molar-refractivity contribution is 0.0867. The Morgan fingerprint density at radius 2 is 2.17 bits per heavy atom. The normalized spacial score (nSPS) is 14.7. The van der Waals surface area contributed by atoms with E-state index in [-0.39, 0.29) is 0 Å². The lowest BCUT2D eigenvalue weighted by Crippen LogP contribution is -2.39. The highest BCUT2D eigenvalue weighted by Gasteiger charge is 2.27. The van der Waals surface area contributed by atoms with Gasteiger partial charge in [0.15, 0.2) is 5.82 Å². The number of methoxy groups -OCH3 is 1. The summed E-state index contributed by atoms with van der Waals surface area (Å²) in [6, 6.07) is 0. The molecule has 1 unspecified atom stereocenters. The maximum Gasteiger partial charge on any atom is 0.226 e. The Labute approximate surface area is 108 Å². The molecular weight excluding hydrogens is 234 g/mol. The minimum atomic E-state index is -0.710. The summed E-state index contributed by atoms with van der Waals surface area (Å²) in [5.74, 6) is 1.08. The van der Waals surface area contributed by atoms with Crippen LogP contribution in [0.2, 0.25) is 0 Å². The van der Waals surface area contributed by atoms with Gasteiger partial charge >= 0.3 is 0 Å². The molecule has 2 N–H and O–H groups in total. The van der Waals surface area contributed by atoms with Gasteiger partial charge in [-0.1, -0.05) is 12.1 Å². The zero-order chi connectivity index (χ0) is 13.4. The van der Waals surface area contributed by atoms with Crippen LogP contribution in [0.15, 0.2) is 4.52 Å². The second-order valence-electron chi connectivity index (χ2n) is 4.58. The van der Waals surface area contributed by atoms with E-state index in [9.17, 15) is 0 Å². The van der Waals surface area contributed by atoms with Gasteiger partial charge in [-0.2, -0.15) is 4.98 Å². The molecule has 0 bridgehead atoms. The molecule has 0 fully saturated rings. The molecule has 0 amide bonds. The van der Waals surface area contributed by atoms with Crippen molar-refractivity contribution in [3.8, 4) is 0 Å². The summed E-state index contributed by atoms with van der Waals surface area (Å²) in [6.07, 6.45) is 2.52. The molecule has 1 heterocycles. The standard InChI is InChI=1S/C12H23N3O3/c1-4-7-17-9-12(2,13)11-14-10(18-15-11)6-5-8-16-3/h4-9,13H2,1-3H3. The highest BCUT2D eigenvalue weighted by Crippen LogP contribution is 2.15. The molecule has 1 aromatic heterocycles. The van der Waals surface area contributed by atoms with E-state index in [0.29, 0.717) is 38.0 Å². The van der Waals surface area contributed by atoms with Crippen LogP contribution >= 0.6 is 0 Å². The molecule has 104 valence electrons. The van der Waals surface area contributed by atoms with Crippen molar-refractivity contribution in [2.24, 2.45) is 5.73 Å². The Balaban J connectivity index is 2.49. The van der Waals surface area contributed by atoms with Gasteiger partial charge in [-0.05, 0) is 19.8 Å². The number of hydrogen-bond acceptors (Lipinski definition) is 6. The molecule has 1 atom stereocenters. The van der Waals surface area contributed by atoms with E-state index in [4.69, 9.17) is 19.7 Å². The average molecular weight is 257 g/mol. The number of aromatic nitrogens is 2. The van der Waals surface area contributed by atoms with Gasteiger partial charge < -0.3 is 19.7 Å². The Morgan fingerprint density at radius 3 is 2.83 bits per heavy atom. The van der Waals surface area contributed by atoms with Crippen molar-refractivity contribution >= 4 is 0 Å². The number of aryl methyl sites for hydroxylation is 1. The zero-order valence-electron chi connectivity index (χ0n) is 11.4. The minimum Gasteiger partial charge on any atom is -0.385 e. The van der Waals surface area contributed by atoms with Crippen LogP contribution in [0.3, 0.4) is 0 Å². The van der Waals surface area contributed by atoms with Gasteiger partial charge in [-0.25, -0.2) is 0 Å². The van der Waals surface area contributed by atoms with Crippen LogP contribution in [0.25, 0.3) is 0 Å². The van der Waals surface area contributed by atoms with E-state index in [1.54, 1.807) is 7.11 Å². The van der Waals surface area contributed by atoms with Gasteiger partial charge in [0.25, 0.3) is 0 Å². The quantitative estimate of drug-likeness (QED) is 0.670. The fourth-order valence-corrected chi connectivity index (χ4v) is 1.45. The Morgan fingerprint density at radius 1 is 1.39 bits per heavy atom. The van der Waals surface area contributed by atoms with Crippen molar-refractivity contribution in [2.75, 3.05) is 26.9 Å². The molecule has 0 saturated heterocycles. The fraction of sp³-hybridized carbons (Fsp3) is 0.833. The second-order valence-corrected chi connectivity index (χ2v) is 4.58. The van der Waals surface area contributed by atoms with Crippen molar-refractivity contribution in [3.63, 3.8) is 0 Å². The molecule has 0 aliphatic rings. The summed E-state index contributed by atoms with van der Waals surface area (Å²) >= 11 is 0. The Bertz CT molecular complexity index is 339. The first-order valence-electron chi connectivity index (χ1n) is 6.28. The van der Waals surface area contributed by atoms with E-state index in [0.717, 1.165) is 12.8 Å². The number of nitrogens with two attached hydrogens (primary N) is 1. The molecule has 6 nitrogen and oxygen atoms in total. The highest BCUT2D eigenvalue weighted by molar-refractivity contribution is 5.01. The van der Waals surface area contributed by atoms with Crippen LogP contribution < -0.4 is 5.73 Å². The third-order valence-corrected chi connectivity index (χ3v) is 2.47. The van der Waals surface area contributed by atoms with Crippen LogP contribution in [0.1, 0.15) is 38.4 Å². The van der Waals surface area contributed by atoms with Crippen LogP contribution in [0.5, 0.6) is 0 Å². The van der Waals surface area contributed by atoms with Crippen LogP contribution in [-0.2, 0) is 21.4 Å². The van der Waals surface area contributed by atoms with Gasteiger partial charge in [0.2, 0.25) is 5.89 Å². The first kappa shape index (κ1) is 15.1. The van der Waals surface area contributed by atoms with E-state index in [1.807, 2.05) is 6.92 Å². The van der Waals surface area contributed by atoms with Crippen molar-refractivity contribution in [1.82, 2.24) is 10.1 Å². The van der Waals surface area contributed by atoms with Crippen LogP contribution in [0.4, 0.5) is 0 Å². The molecule has 18 heavy (non-hydrogen) atoms. The largest absolute Gasteiger partial charge is 0.385 e. The maximum atomic E-state index is 6.11. The average Bonchev–Trinajstić information content (AvgIpc) is 2.79. The number of nitrogens with zero attached hydrogens (tertiary/aromatic N) is 2. The van der Waals surface area contributed by atoms with E-state index in [1.165, 1.54) is 0 Å². The van der Waals surface area contributed by atoms with Crippen LogP contribution in [-0.4, -0.2) is 37.1 Å². The van der Waals surface area contributed by atoms with E-state index < -0.39 is 5.54 Å². The molecule has 0 radical (unpaired) electrons. The first-order valence-corrected chi connectivity index (χ1v) is 6.28. The van der Waals surface area contributed by atoms with Gasteiger partial charge in [0.1, 0.15) is 5.54 Å². The van der Waals surface area contributed by atoms with Crippen molar-refractivity contribution in [1.29, 1.82) is 0 Å². The molecule has 1 aromatic rings.